The highest BCUT2D eigenvalue weighted by molar-refractivity contribution is 8.00. The number of fused-ring (bicyclic) bond motifs is 1. The van der Waals surface area contributed by atoms with Gasteiger partial charge in [-0.15, -0.1) is 11.8 Å². The van der Waals surface area contributed by atoms with Gasteiger partial charge >= 0.3 is 0 Å². The first kappa shape index (κ1) is 16.4. The topological polar surface area (TPSA) is 67.4 Å². The second-order valence-electron chi connectivity index (χ2n) is 5.66. The van der Waals surface area contributed by atoms with Gasteiger partial charge in [-0.1, -0.05) is 26.0 Å². The number of hydrogen-bond acceptors (Lipinski definition) is 4. The van der Waals surface area contributed by atoms with Crippen LogP contribution in [0.3, 0.4) is 0 Å². The number of rotatable bonds is 4. The Bertz CT molecular complexity index is 790. The van der Waals surface area contributed by atoms with Crippen molar-refractivity contribution < 1.29 is 14.3 Å². The number of carbonyl (C=O) groups is 2. The lowest BCUT2D eigenvalue weighted by atomic mass is 10.2. The molecule has 0 unspecified atom stereocenters. The third-order valence-electron chi connectivity index (χ3n) is 3.36. The van der Waals surface area contributed by atoms with Crippen LogP contribution in [0, 0.1) is 0 Å². The molecule has 2 aromatic carbocycles. The first-order valence-electron chi connectivity index (χ1n) is 7.66. The fourth-order valence-electron chi connectivity index (χ4n) is 2.37. The monoisotopic (exact) mass is 342 g/mol. The van der Waals surface area contributed by atoms with Crippen molar-refractivity contribution >= 4 is 35.0 Å². The van der Waals surface area contributed by atoms with E-state index in [-0.39, 0.29) is 18.4 Å². The fourth-order valence-corrected chi connectivity index (χ4v) is 3.32. The fraction of sp³-hybridized carbons (Fsp3) is 0.222. The van der Waals surface area contributed by atoms with Gasteiger partial charge in [-0.2, -0.15) is 0 Å². The van der Waals surface area contributed by atoms with Gasteiger partial charge < -0.3 is 15.4 Å². The van der Waals surface area contributed by atoms with Crippen molar-refractivity contribution in [3.63, 3.8) is 0 Å². The summed E-state index contributed by atoms with van der Waals surface area (Å²) in [7, 11) is 0. The molecule has 0 aliphatic carbocycles. The van der Waals surface area contributed by atoms with E-state index in [0.29, 0.717) is 27.9 Å². The SMILES string of the molecule is CC(C)Sc1ccccc1C(=O)Nc1ccc2c(c1)NC(=O)CO2. The Morgan fingerprint density at radius 1 is 1.25 bits per heavy atom. The maximum Gasteiger partial charge on any atom is 0.262 e. The third kappa shape index (κ3) is 3.71. The molecular formula is C18H18N2O3S. The zero-order valence-electron chi connectivity index (χ0n) is 13.5. The summed E-state index contributed by atoms with van der Waals surface area (Å²) < 4.78 is 5.32. The molecule has 1 heterocycles. The minimum Gasteiger partial charge on any atom is -0.482 e. The lowest BCUT2D eigenvalue weighted by Gasteiger charge is -2.19. The van der Waals surface area contributed by atoms with Crippen molar-refractivity contribution in [1.82, 2.24) is 0 Å². The predicted molar refractivity (Wildman–Crippen MR) is 96.0 cm³/mol. The number of thioether (sulfide) groups is 1. The summed E-state index contributed by atoms with van der Waals surface area (Å²) >= 11 is 1.65. The lowest BCUT2D eigenvalue weighted by Crippen LogP contribution is -2.25. The van der Waals surface area contributed by atoms with Crippen LogP contribution in [0.5, 0.6) is 5.75 Å². The lowest BCUT2D eigenvalue weighted by molar-refractivity contribution is -0.118. The van der Waals surface area contributed by atoms with Gasteiger partial charge in [-0.3, -0.25) is 9.59 Å². The number of nitrogens with one attached hydrogen (secondary N) is 2. The standard InChI is InChI=1S/C18H18N2O3S/c1-11(2)24-16-6-4-3-5-13(16)18(22)19-12-7-8-15-14(9-12)20-17(21)10-23-15/h3-9,11H,10H2,1-2H3,(H,19,22)(H,20,21). The number of benzene rings is 2. The van der Waals surface area contributed by atoms with Crippen LogP contribution in [0.1, 0.15) is 24.2 Å². The molecule has 3 rings (SSSR count). The summed E-state index contributed by atoms with van der Waals surface area (Å²) in [6.07, 6.45) is 0. The molecule has 2 amide bonds. The van der Waals surface area contributed by atoms with Gasteiger partial charge in [0.25, 0.3) is 11.8 Å². The Balaban J connectivity index is 1.81. The minimum atomic E-state index is -0.204. The smallest absolute Gasteiger partial charge is 0.262 e. The van der Waals surface area contributed by atoms with E-state index >= 15 is 0 Å². The van der Waals surface area contributed by atoms with Crippen molar-refractivity contribution in [2.45, 2.75) is 24.0 Å². The average molecular weight is 342 g/mol. The molecule has 124 valence electrons. The highest BCUT2D eigenvalue weighted by atomic mass is 32.2. The first-order chi connectivity index (χ1) is 11.5. The summed E-state index contributed by atoms with van der Waals surface area (Å²) in [5, 5.41) is 5.99. The maximum atomic E-state index is 12.6. The van der Waals surface area contributed by atoms with E-state index in [1.165, 1.54) is 0 Å². The number of ether oxygens (including phenoxy) is 1. The Morgan fingerprint density at radius 3 is 2.83 bits per heavy atom. The van der Waals surface area contributed by atoms with Gasteiger partial charge in [0.15, 0.2) is 6.61 Å². The van der Waals surface area contributed by atoms with Crippen molar-refractivity contribution in [1.29, 1.82) is 0 Å². The van der Waals surface area contributed by atoms with E-state index < -0.39 is 0 Å². The molecule has 2 N–H and O–H groups in total. The van der Waals surface area contributed by atoms with Crippen LogP contribution >= 0.6 is 11.8 Å². The Morgan fingerprint density at radius 2 is 2.04 bits per heavy atom. The van der Waals surface area contributed by atoms with Gasteiger partial charge in [0.2, 0.25) is 0 Å². The number of anilines is 2. The molecule has 0 bridgehead atoms. The van der Waals surface area contributed by atoms with Gasteiger partial charge in [-0.05, 0) is 30.3 Å². The van der Waals surface area contributed by atoms with Crippen molar-refractivity contribution in [3.05, 3.63) is 48.0 Å². The molecule has 0 fully saturated rings. The zero-order chi connectivity index (χ0) is 17.1. The van der Waals surface area contributed by atoms with Crippen LogP contribution in [0.2, 0.25) is 0 Å². The van der Waals surface area contributed by atoms with E-state index in [4.69, 9.17) is 4.74 Å². The second-order valence-corrected chi connectivity index (χ2v) is 7.28. The second kappa shape index (κ2) is 6.97. The molecular weight excluding hydrogens is 324 g/mol. The Labute approximate surface area is 144 Å². The molecule has 0 saturated heterocycles. The third-order valence-corrected chi connectivity index (χ3v) is 4.45. The van der Waals surface area contributed by atoms with Gasteiger partial charge in [0.05, 0.1) is 11.3 Å². The number of carbonyl (C=O) groups excluding carboxylic acids is 2. The van der Waals surface area contributed by atoms with Gasteiger partial charge in [0.1, 0.15) is 5.75 Å². The molecule has 0 atom stereocenters. The number of amides is 2. The van der Waals surface area contributed by atoms with Crippen molar-refractivity contribution in [2.75, 3.05) is 17.2 Å². The van der Waals surface area contributed by atoms with Crippen molar-refractivity contribution in [3.8, 4) is 5.75 Å². The normalized spacial score (nSPS) is 13.0. The van der Waals surface area contributed by atoms with Crippen LogP contribution < -0.4 is 15.4 Å². The van der Waals surface area contributed by atoms with Crippen LogP contribution in [-0.4, -0.2) is 23.7 Å². The summed E-state index contributed by atoms with van der Waals surface area (Å²) in [6, 6.07) is 12.7. The first-order valence-corrected chi connectivity index (χ1v) is 8.54. The van der Waals surface area contributed by atoms with Crippen LogP contribution in [-0.2, 0) is 4.79 Å². The van der Waals surface area contributed by atoms with Crippen molar-refractivity contribution in [2.24, 2.45) is 0 Å². The summed E-state index contributed by atoms with van der Waals surface area (Å²) in [5.41, 5.74) is 1.80. The Kier molecular flexibility index (Phi) is 4.76. The highest BCUT2D eigenvalue weighted by Gasteiger charge is 2.17. The largest absolute Gasteiger partial charge is 0.482 e. The van der Waals surface area contributed by atoms with E-state index in [2.05, 4.69) is 24.5 Å². The molecule has 5 nitrogen and oxygen atoms in total. The van der Waals surface area contributed by atoms with E-state index in [1.54, 1.807) is 30.0 Å². The van der Waals surface area contributed by atoms with E-state index in [9.17, 15) is 9.59 Å². The molecule has 6 heteroatoms. The molecule has 0 radical (unpaired) electrons. The molecule has 1 aliphatic heterocycles. The van der Waals surface area contributed by atoms with Gasteiger partial charge in [0, 0.05) is 15.8 Å². The molecule has 0 aromatic heterocycles. The Hall–Kier alpha value is -2.47. The minimum absolute atomic E-state index is 0.0124. The molecule has 0 spiro atoms. The van der Waals surface area contributed by atoms with Crippen LogP contribution in [0.4, 0.5) is 11.4 Å². The van der Waals surface area contributed by atoms with E-state index in [1.807, 2.05) is 24.3 Å². The summed E-state index contributed by atoms with van der Waals surface area (Å²) in [5.74, 6) is 0.217. The highest BCUT2D eigenvalue weighted by Crippen LogP contribution is 2.31. The van der Waals surface area contributed by atoms with Gasteiger partial charge in [-0.25, -0.2) is 0 Å². The summed E-state index contributed by atoms with van der Waals surface area (Å²) in [6.45, 7) is 4.19. The van der Waals surface area contributed by atoms with Crippen LogP contribution in [0.25, 0.3) is 0 Å². The van der Waals surface area contributed by atoms with Crippen LogP contribution in [0.15, 0.2) is 47.4 Å². The quantitative estimate of drug-likeness (QED) is 0.830. The molecule has 2 aromatic rings. The molecule has 1 aliphatic rings. The molecule has 24 heavy (non-hydrogen) atoms. The predicted octanol–water partition coefficient (Wildman–Crippen LogP) is 3.77. The van der Waals surface area contributed by atoms with E-state index in [0.717, 1.165) is 4.90 Å². The summed E-state index contributed by atoms with van der Waals surface area (Å²) in [4.78, 5) is 25.0. The molecule has 0 saturated carbocycles. The average Bonchev–Trinajstić information content (AvgIpc) is 2.54. The number of hydrogen-bond donors (Lipinski definition) is 2. The zero-order valence-corrected chi connectivity index (χ0v) is 14.3. The maximum absolute atomic E-state index is 12.6.